The summed E-state index contributed by atoms with van der Waals surface area (Å²) in [6.45, 7) is 8.69. The minimum absolute atomic E-state index is 0.165. The predicted molar refractivity (Wildman–Crippen MR) is 112 cm³/mol. The minimum atomic E-state index is 0.165. The van der Waals surface area contributed by atoms with Crippen molar-refractivity contribution in [1.82, 2.24) is 5.32 Å². The first kappa shape index (κ1) is 17.7. The highest BCUT2D eigenvalue weighted by Gasteiger charge is 2.13. The van der Waals surface area contributed by atoms with Crippen LogP contribution in [0.3, 0.4) is 0 Å². The number of aryl methyl sites for hydroxylation is 2. The van der Waals surface area contributed by atoms with Gasteiger partial charge in [0.05, 0.1) is 6.04 Å². The maximum atomic E-state index is 5.49. The summed E-state index contributed by atoms with van der Waals surface area (Å²) in [7, 11) is 0. The molecule has 1 aliphatic heterocycles. The van der Waals surface area contributed by atoms with Crippen LogP contribution in [-0.2, 0) is 0 Å². The Hall–Kier alpha value is -2.07. The fourth-order valence-corrected chi connectivity index (χ4v) is 3.63. The van der Waals surface area contributed by atoms with Gasteiger partial charge in [0, 0.05) is 24.5 Å². The first-order valence-electron chi connectivity index (χ1n) is 9.02. The number of thiocarbonyl (C=S) groups is 1. The first-order valence-corrected chi connectivity index (χ1v) is 9.43. The lowest BCUT2D eigenvalue weighted by Crippen LogP contribution is -2.31. The van der Waals surface area contributed by atoms with E-state index < -0.39 is 0 Å². The quantitative estimate of drug-likeness (QED) is 0.761. The molecule has 4 heteroatoms. The van der Waals surface area contributed by atoms with E-state index in [9.17, 15) is 0 Å². The fourth-order valence-electron chi connectivity index (χ4n) is 3.34. The normalized spacial score (nSPS) is 15.1. The van der Waals surface area contributed by atoms with E-state index in [1.165, 1.54) is 48.3 Å². The maximum absolute atomic E-state index is 5.49. The second-order valence-electron chi connectivity index (χ2n) is 6.92. The Morgan fingerprint density at radius 2 is 1.72 bits per heavy atom. The zero-order valence-electron chi connectivity index (χ0n) is 15.3. The highest BCUT2D eigenvalue weighted by atomic mass is 32.1. The van der Waals surface area contributed by atoms with E-state index in [-0.39, 0.29) is 6.04 Å². The van der Waals surface area contributed by atoms with Gasteiger partial charge in [-0.1, -0.05) is 29.8 Å². The Morgan fingerprint density at radius 1 is 1.04 bits per heavy atom. The molecule has 0 saturated carbocycles. The van der Waals surface area contributed by atoms with Crippen LogP contribution in [0.15, 0.2) is 42.5 Å². The summed E-state index contributed by atoms with van der Waals surface area (Å²) >= 11 is 5.49. The summed E-state index contributed by atoms with van der Waals surface area (Å²) in [4.78, 5) is 2.45. The highest BCUT2D eigenvalue weighted by Crippen LogP contribution is 2.23. The van der Waals surface area contributed by atoms with Crippen molar-refractivity contribution in [3.05, 3.63) is 59.2 Å². The molecule has 3 rings (SSSR count). The lowest BCUT2D eigenvalue weighted by Gasteiger charge is -2.21. The standard InChI is InChI=1S/C21H27N3S/c1-15-6-11-20(16(2)14-15)23-21(25)22-17(3)18-7-9-19(10-8-18)24-12-4-5-13-24/h6-11,14,17H,4-5,12-13H2,1-3H3,(H2,22,23,25)/t17-/m0/s1. The van der Waals surface area contributed by atoms with Crippen molar-refractivity contribution in [1.29, 1.82) is 0 Å². The topological polar surface area (TPSA) is 27.3 Å². The van der Waals surface area contributed by atoms with Crippen LogP contribution in [0.4, 0.5) is 11.4 Å². The minimum Gasteiger partial charge on any atom is -0.372 e. The summed E-state index contributed by atoms with van der Waals surface area (Å²) in [6, 6.07) is 15.3. The van der Waals surface area contributed by atoms with E-state index in [2.05, 4.69) is 78.8 Å². The average Bonchev–Trinajstić information content (AvgIpc) is 3.12. The van der Waals surface area contributed by atoms with E-state index >= 15 is 0 Å². The molecule has 0 aromatic heterocycles. The second-order valence-corrected chi connectivity index (χ2v) is 7.33. The molecular weight excluding hydrogens is 326 g/mol. The Balaban J connectivity index is 1.59. The Labute approximate surface area is 156 Å². The van der Waals surface area contributed by atoms with Crippen LogP contribution < -0.4 is 15.5 Å². The third-order valence-electron chi connectivity index (χ3n) is 4.84. The zero-order valence-corrected chi connectivity index (χ0v) is 16.1. The molecule has 0 bridgehead atoms. The molecule has 2 aromatic carbocycles. The molecule has 0 spiro atoms. The Bertz CT molecular complexity index is 733. The molecule has 25 heavy (non-hydrogen) atoms. The molecule has 132 valence electrons. The molecule has 0 aliphatic carbocycles. The van der Waals surface area contributed by atoms with Gasteiger partial charge in [-0.15, -0.1) is 0 Å². The molecule has 0 amide bonds. The number of nitrogens with one attached hydrogen (secondary N) is 2. The summed E-state index contributed by atoms with van der Waals surface area (Å²) in [5, 5.41) is 7.34. The van der Waals surface area contributed by atoms with Crippen molar-refractivity contribution in [2.45, 2.75) is 39.7 Å². The molecule has 1 aliphatic rings. The van der Waals surface area contributed by atoms with Crippen LogP contribution in [0.1, 0.15) is 42.5 Å². The molecule has 2 N–H and O–H groups in total. The van der Waals surface area contributed by atoms with Gasteiger partial charge in [-0.25, -0.2) is 0 Å². The summed E-state index contributed by atoms with van der Waals surface area (Å²) in [5.41, 5.74) is 6.08. The van der Waals surface area contributed by atoms with Crippen molar-refractivity contribution in [2.24, 2.45) is 0 Å². The largest absolute Gasteiger partial charge is 0.372 e. The number of nitrogens with zero attached hydrogens (tertiary/aromatic N) is 1. The molecule has 1 heterocycles. The van der Waals surface area contributed by atoms with Gasteiger partial charge in [0.2, 0.25) is 0 Å². The maximum Gasteiger partial charge on any atom is 0.171 e. The first-order chi connectivity index (χ1) is 12.0. The lowest BCUT2D eigenvalue weighted by atomic mass is 10.1. The van der Waals surface area contributed by atoms with Gasteiger partial charge in [-0.2, -0.15) is 0 Å². The van der Waals surface area contributed by atoms with Gasteiger partial charge < -0.3 is 15.5 Å². The van der Waals surface area contributed by atoms with Crippen molar-refractivity contribution >= 4 is 28.7 Å². The molecular formula is C21H27N3S. The number of rotatable bonds is 4. The molecule has 1 atom stereocenters. The monoisotopic (exact) mass is 353 g/mol. The second kappa shape index (κ2) is 7.87. The number of anilines is 2. The van der Waals surface area contributed by atoms with Gasteiger partial charge in [-0.05, 0) is 75.2 Å². The molecule has 1 fully saturated rings. The lowest BCUT2D eigenvalue weighted by molar-refractivity contribution is 0.722. The van der Waals surface area contributed by atoms with Gasteiger partial charge in [0.15, 0.2) is 5.11 Å². The van der Waals surface area contributed by atoms with Gasteiger partial charge in [-0.3, -0.25) is 0 Å². The van der Waals surface area contributed by atoms with E-state index in [0.29, 0.717) is 5.11 Å². The van der Waals surface area contributed by atoms with Crippen LogP contribution >= 0.6 is 12.2 Å². The smallest absolute Gasteiger partial charge is 0.171 e. The van der Waals surface area contributed by atoms with E-state index in [0.717, 1.165) is 5.69 Å². The van der Waals surface area contributed by atoms with Crippen LogP contribution in [0.2, 0.25) is 0 Å². The van der Waals surface area contributed by atoms with Crippen molar-refractivity contribution in [2.75, 3.05) is 23.3 Å². The molecule has 0 unspecified atom stereocenters. The summed E-state index contributed by atoms with van der Waals surface area (Å²) < 4.78 is 0. The van der Waals surface area contributed by atoms with Crippen LogP contribution in [0.5, 0.6) is 0 Å². The van der Waals surface area contributed by atoms with Gasteiger partial charge in [0.25, 0.3) is 0 Å². The van der Waals surface area contributed by atoms with Crippen LogP contribution in [0, 0.1) is 13.8 Å². The number of benzene rings is 2. The van der Waals surface area contributed by atoms with E-state index in [4.69, 9.17) is 12.2 Å². The van der Waals surface area contributed by atoms with Crippen molar-refractivity contribution in [3.63, 3.8) is 0 Å². The SMILES string of the molecule is Cc1ccc(NC(=S)N[C@@H](C)c2ccc(N3CCCC3)cc2)c(C)c1. The van der Waals surface area contributed by atoms with E-state index in [1.807, 2.05) is 0 Å². The number of hydrogen-bond acceptors (Lipinski definition) is 2. The Morgan fingerprint density at radius 3 is 2.36 bits per heavy atom. The fraction of sp³-hybridized carbons (Fsp3) is 0.381. The van der Waals surface area contributed by atoms with Gasteiger partial charge >= 0.3 is 0 Å². The van der Waals surface area contributed by atoms with Crippen molar-refractivity contribution in [3.8, 4) is 0 Å². The molecule has 2 aromatic rings. The third kappa shape index (κ3) is 4.51. The average molecular weight is 354 g/mol. The Kier molecular flexibility index (Phi) is 5.59. The van der Waals surface area contributed by atoms with Crippen LogP contribution in [0.25, 0.3) is 0 Å². The van der Waals surface area contributed by atoms with Gasteiger partial charge in [0.1, 0.15) is 0 Å². The molecule has 3 nitrogen and oxygen atoms in total. The summed E-state index contributed by atoms with van der Waals surface area (Å²) in [6.07, 6.45) is 2.61. The number of hydrogen-bond donors (Lipinski definition) is 2. The third-order valence-corrected chi connectivity index (χ3v) is 5.06. The van der Waals surface area contributed by atoms with E-state index in [1.54, 1.807) is 0 Å². The zero-order chi connectivity index (χ0) is 17.8. The molecule has 1 saturated heterocycles. The summed E-state index contributed by atoms with van der Waals surface area (Å²) in [5.74, 6) is 0. The predicted octanol–water partition coefficient (Wildman–Crippen LogP) is 4.95. The van der Waals surface area contributed by atoms with Crippen molar-refractivity contribution < 1.29 is 0 Å². The highest BCUT2D eigenvalue weighted by molar-refractivity contribution is 7.80. The molecule has 0 radical (unpaired) electrons. The van der Waals surface area contributed by atoms with Crippen LogP contribution in [-0.4, -0.2) is 18.2 Å².